The molecule has 0 saturated heterocycles. The van der Waals surface area contributed by atoms with Crippen molar-refractivity contribution < 1.29 is 9.47 Å². The summed E-state index contributed by atoms with van der Waals surface area (Å²) in [6, 6.07) is 30.0. The summed E-state index contributed by atoms with van der Waals surface area (Å²) >= 11 is 1.55. The first-order valence-electron chi connectivity index (χ1n) is 10.1. The van der Waals surface area contributed by atoms with Gasteiger partial charge in [0.05, 0.1) is 25.5 Å². The molecule has 0 aliphatic rings. The fourth-order valence-electron chi connectivity index (χ4n) is 3.48. The monoisotopic (exact) mass is 438 g/mol. The first-order valence-corrected chi connectivity index (χ1v) is 11.1. The van der Waals surface area contributed by atoms with Gasteiger partial charge in [0.25, 0.3) is 0 Å². The number of aromatic nitrogens is 1. The van der Waals surface area contributed by atoms with Crippen LogP contribution in [0.25, 0.3) is 22.4 Å². The summed E-state index contributed by atoms with van der Waals surface area (Å²) in [6.07, 6.45) is 0. The Balaban J connectivity index is 1.83. The molecular weight excluding hydrogens is 416 g/mol. The van der Waals surface area contributed by atoms with Gasteiger partial charge in [0.1, 0.15) is 22.6 Å². The van der Waals surface area contributed by atoms with Gasteiger partial charge in [-0.3, -0.25) is 0 Å². The van der Waals surface area contributed by atoms with Crippen molar-refractivity contribution in [2.24, 2.45) is 0 Å². The molecule has 0 amide bonds. The summed E-state index contributed by atoms with van der Waals surface area (Å²) in [5.41, 5.74) is 5.14. The lowest BCUT2D eigenvalue weighted by molar-refractivity contribution is 0.414. The highest BCUT2D eigenvalue weighted by molar-refractivity contribution is 7.98. The van der Waals surface area contributed by atoms with Crippen molar-refractivity contribution in [3.05, 3.63) is 96.1 Å². The Bertz CT molecular complexity index is 1270. The summed E-state index contributed by atoms with van der Waals surface area (Å²) in [7, 11) is 3.30. The summed E-state index contributed by atoms with van der Waals surface area (Å²) < 4.78 is 10.9. The topological polar surface area (TPSA) is 55.1 Å². The maximum Gasteiger partial charge on any atom is 0.126 e. The van der Waals surface area contributed by atoms with Crippen LogP contribution in [0.1, 0.15) is 11.1 Å². The number of rotatable bonds is 7. The van der Waals surface area contributed by atoms with E-state index in [1.807, 2.05) is 84.9 Å². The van der Waals surface area contributed by atoms with Crippen LogP contribution in [0, 0.1) is 11.3 Å². The molecule has 0 N–H and O–H groups in total. The third kappa shape index (κ3) is 4.61. The predicted octanol–water partition coefficient (Wildman–Crippen LogP) is 6.60. The standard InChI is InChI=1S/C27H22N2O2S/c1-30-21-12-8-9-19(15-21)18-32-27-24(17-28)23(22-13-6-7-14-26(22)31-2)16-25(29-27)20-10-4-3-5-11-20/h3-16H,18H2,1-2H3. The molecule has 32 heavy (non-hydrogen) atoms. The Morgan fingerprint density at radius 3 is 2.38 bits per heavy atom. The highest BCUT2D eigenvalue weighted by Gasteiger charge is 2.18. The van der Waals surface area contributed by atoms with Crippen molar-refractivity contribution in [2.45, 2.75) is 10.8 Å². The van der Waals surface area contributed by atoms with Gasteiger partial charge in [-0.25, -0.2) is 4.98 Å². The lowest BCUT2D eigenvalue weighted by Gasteiger charge is -2.15. The van der Waals surface area contributed by atoms with E-state index in [1.54, 1.807) is 26.0 Å². The highest BCUT2D eigenvalue weighted by Crippen LogP contribution is 2.38. The van der Waals surface area contributed by atoms with Crippen LogP contribution in [0.4, 0.5) is 0 Å². The molecule has 4 nitrogen and oxygen atoms in total. The fourth-order valence-corrected chi connectivity index (χ4v) is 4.43. The predicted molar refractivity (Wildman–Crippen MR) is 129 cm³/mol. The van der Waals surface area contributed by atoms with Gasteiger partial charge in [-0.1, -0.05) is 60.7 Å². The molecule has 4 aromatic rings. The third-order valence-electron chi connectivity index (χ3n) is 5.07. The van der Waals surface area contributed by atoms with Crippen LogP contribution in [0.2, 0.25) is 0 Å². The first kappa shape index (κ1) is 21.5. The molecule has 0 unspecified atom stereocenters. The Morgan fingerprint density at radius 2 is 1.62 bits per heavy atom. The maximum atomic E-state index is 10.1. The van der Waals surface area contributed by atoms with E-state index in [4.69, 9.17) is 14.5 Å². The lowest BCUT2D eigenvalue weighted by atomic mass is 9.98. The SMILES string of the molecule is COc1cccc(CSc2nc(-c3ccccc3)cc(-c3ccccc3OC)c2C#N)c1. The Labute approximate surface area is 192 Å². The van der Waals surface area contributed by atoms with E-state index >= 15 is 0 Å². The van der Waals surface area contributed by atoms with Crippen molar-refractivity contribution in [3.63, 3.8) is 0 Å². The van der Waals surface area contributed by atoms with Crippen LogP contribution in [0.15, 0.2) is 90.0 Å². The molecule has 0 bridgehead atoms. The van der Waals surface area contributed by atoms with Gasteiger partial charge in [-0.2, -0.15) is 5.26 Å². The molecule has 0 atom stereocenters. The largest absolute Gasteiger partial charge is 0.497 e. The van der Waals surface area contributed by atoms with E-state index in [1.165, 1.54) is 0 Å². The number of methoxy groups -OCH3 is 2. The number of para-hydroxylation sites is 1. The Hall–Kier alpha value is -3.75. The molecule has 3 aromatic carbocycles. The molecule has 0 radical (unpaired) electrons. The maximum absolute atomic E-state index is 10.1. The molecule has 5 heteroatoms. The van der Waals surface area contributed by atoms with E-state index in [0.717, 1.165) is 39.4 Å². The summed E-state index contributed by atoms with van der Waals surface area (Å²) in [6.45, 7) is 0. The highest BCUT2D eigenvalue weighted by atomic mass is 32.2. The van der Waals surface area contributed by atoms with Gasteiger partial charge in [0, 0.05) is 22.4 Å². The number of nitriles is 1. The van der Waals surface area contributed by atoms with Crippen molar-refractivity contribution >= 4 is 11.8 Å². The number of pyridine rings is 1. The zero-order valence-corrected chi connectivity index (χ0v) is 18.7. The van der Waals surface area contributed by atoms with Gasteiger partial charge in [-0.05, 0) is 29.8 Å². The molecule has 1 aromatic heterocycles. The number of hydrogen-bond acceptors (Lipinski definition) is 5. The minimum Gasteiger partial charge on any atom is -0.497 e. The number of hydrogen-bond donors (Lipinski definition) is 0. The normalized spacial score (nSPS) is 10.4. The molecular formula is C27H22N2O2S. The number of nitrogens with zero attached hydrogens (tertiary/aromatic N) is 2. The van der Waals surface area contributed by atoms with E-state index < -0.39 is 0 Å². The Kier molecular flexibility index (Phi) is 6.74. The van der Waals surface area contributed by atoms with Gasteiger partial charge in [0.2, 0.25) is 0 Å². The van der Waals surface area contributed by atoms with E-state index in [9.17, 15) is 5.26 Å². The zero-order chi connectivity index (χ0) is 22.3. The van der Waals surface area contributed by atoms with Crippen LogP contribution in [0.5, 0.6) is 11.5 Å². The van der Waals surface area contributed by atoms with Gasteiger partial charge in [-0.15, -0.1) is 11.8 Å². The third-order valence-corrected chi connectivity index (χ3v) is 6.12. The Morgan fingerprint density at radius 1 is 0.844 bits per heavy atom. The molecule has 0 aliphatic carbocycles. The average molecular weight is 439 g/mol. The summed E-state index contributed by atoms with van der Waals surface area (Å²) in [5.74, 6) is 2.20. The molecule has 158 valence electrons. The van der Waals surface area contributed by atoms with E-state index in [-0.39, 0.29) is 0 Å². The van der Waals surface area contributed by atoms with Crippen LogP contribution in [-0.4, -0.2) is 19.2 Å². The average Bonchev–Trinajstić information content (AvgIpc) is 2.87. The van der Waals surface area contributed by atoms with Crippen LogP contribution in [-0.2, 0) is 5.75 Å². The summed E-state index contributed by atoms with van der Waals surface area (Å²) in [4.78, 5) is 4.88. The van der Waals surface area contributed by atoms with Crippen molar-refractivity contribution in [1.29, 1.82) is 5.26 Å². The van der Waals surface area contributed by atoms with Gasteiger partial charge in [0.15, 0.2) is 0 Å². The van der Waals surface area contributed by atoms with Crippen LogP contribution < -0.4 is 9.47 Å². The number of benzene rings is 3. The second kappa shape index (κ2) is 10.0. The second-order valence-electron chi connectivity index (χ2n) is 7.05. The quantitative estimate of drug-likeness (QED) is 0.304. The minimum atomic E-state index is 0.544. The van der Waals surface area contributed by atoms with Crippen molar-refractivity contribution in [1.82, 2.24) is 4.98 Å². The van der Waals surface area contributed by atoms with Gasteiger partial charge < -0.3 is 9.47 Å². The van der Waals surface area contributed by atoms with Crippen molar-refractivity contribution in [3.8, 4) is 40.0 Å². The smallest absolute Gasteiger partial charge is 0.126 e. The summed E-state index contributed by atoms with van der Waals surface area (Å²) in [5, 5.41) is 10.8. The lowest BCUT2D eigenvalue weighted by Crippen LogP contribution is -1.98. The number of ether oxygens (including phenoxy) is 2. The molecule has 0 spiro atoms. The fraction of sp³-hybridized carbons (Fsp3) is 0.111. The minimum absolute atomic E-state index is 0.544. The van der Waals surface area contributed by atoms with Crippen LogP contribution in [0.3, 0.4) is 0 Å². The molecule has 0 aliphatic heterocycles. The zero-order valence-electron chi connectivity index (χ0n) is 17.9. The molecule has 4 rings (SSSR count). The van der Waals surface area contributed by atoms with Gasteiger partial charge >= 0.3 is 0 Å². The van der Waals surface area contributed by atoms with E-state index in [0.29, 0.717) is 16.3 Å². The first-order chi connectivity index (χ1) is 15.7. The molecule has 1 heterocycles. The van der Waals surface area contributed by atoms with E-state index in [2.05, 4.69) is 6.07 Å². The second-order valence-corrected chi connectivity index (χ2v) is 8.02. The number of thioether (sulfide) groups is 1. The molecule has 0 fully saturated rings. The van der Waals surface area contributed by atoms with Crippen LogP contribution >= 0.6 is 11.8 Å². The van der Waals surface area contributed by atoms with Crippen molar-refractivity contribution in [2.75, 3.05) is 14.2 Å². The molecule has 0 saturated carbocycles.